The molecule has 0 unspecified atom stereocenters. The summed E-state index contributed by atoms with van der Waals surface area (Å²) in [6.07, 6.45) is 0.485. The molecule has 0 aliphatic heterocycles. The molecule has 0 aliphatic carbocycles. The maximum Gasteiger partial charge on any atom is 0.219 e. The molecular formula is C16H26N2O3S. The molecule has 1 rings (SSSR count). The molecule has 6 heteroatoms. The second-order valence-corrected chi connectivity index (χ2v) is 7.73. The van der Waals surface area contributed by atoms with Crippen LogP contribution in [0.3, 0.4) is 0 Å². The summed E-state index contributed by atoms with van der Waals surface area (Å²) in [5, 5.41) is 0. The first-order valence-electron chi connectivity index (χ1n) is 7.57. The number of benzene rings is 1. The highest BCUT2D eigenvalue weighted by atomic mass is 32.2. The van der Waals surface area contributed by atoms with Crippen LogP contribution in [0.5, 0.6) is 0 Å². The zero-order valence-corrected chi connectivity index (χ0v) is 14.4. The van der Waals surface area contributed by atoms with Gasteiger partial charge in [0.15, 0.2) is 0 Å². The predicted octanol–water partition coefficient (Wildman–Crippen LogP) is 1.65. The van der Waals surface area contributed by atoms with Gasteiger partial charge in [0.1, 0.15) is 0 Å². The molecule has 22 heavy (non-hydrogen) atoms. The van der Waals surface area contributed by atoms with Gasteiger partial charge in [-0.15, -0.1) is 0 Å². The quantitative estimate of drug-likeness (QED) is 0.750. The van der Waals surface area contributed by atoms with Crippen molar-refractivity contribution in [3.8, 4) is 0 Å². The number of carbonyl (C=O) groups is 1. The highest BCUT2D eigenvalue weighted by Crippen LogP contribution is 2.02. The Bertz CT molecular complexity index is 556. The third-order valence-electron chi connectivity index (χ3n) is 3.24. The van der Waals surface area contributed by atoms with Crippen molar-refractivity contribution in [3.63, 3.8) is 0 Å². The van der Waals surface area contributed by atoms with Crippen molar-refractivity contribution in [3.05, 3.63) is 35.9 Å². The van der Waals surface area contributed by atoms with E-state index < -0.39 is 10.0 Å². The lowest BCUT2D eigenvalue weighted by molar-refractivity contribution is -0.129. The van der Waals surface area contributed by atoms with Crippen molar-refractivity contribution in [1.29, 1.82) is 0 Å². The molecule has 0 fully saturated rings. The molecular weight excluding hydrogens is 300 g/mol. The van der Waals surface area contributed by atoms with Crippen molar-refractivity contribution < 1.29 is 13.2 Å². The van der Waals surface area contributed by atoms with E-state index in [0.29, 0.717) is 25.4 Å². The number of nitrogens with one attached hydrogen (secondary N) is 1. The fourth-order valence-electron chi connectivity index (χ4n) is 2.12. The molecule has 0 bridgehead atoms. The molecule has 1 amide bonds. The summed E-state index contributed by atoms with van der Waals surface area (Å²) in [6, 6.07) is 9.52. The summed E-state index contributed by atoms with van der Waals surface area (Å²) in [4.78, 5) is 13.2. The highest BCUT2D eigenvalue weighted by Gasteiger charge is 2.13. The van der Waals surface area contributed by atoms with Crippen LogP contribution < -0.4 is 4.72 Å². The largest absolute Gasteiger partial charge is 0.341 e. The van der Waals surface area contributed by atoms with E-state index in [4.69, 9.17) is 0 Å². The maximum absolute atomic E-state index is 12.0. The molecule has 1 aromatic rings. The van der Waals surface area contributed by atoms with Gasteiger partial charge in [0.25, 0.3) is 0 Å². The molecule has 0 saturated heterocycles. The zero-order valence-electron chi connectivity index (χ0n) is 13.6. The standard InChI is InChI=1S/C16H26N2O3S/c1-14(2)13-18(15(3)19)11-10-17-22(20,21)12-9-16-7-5-4-6-8-16/h4-8,14,17H,9-13H2,1-3H3. The molecule has 1 N–H and O–H groups in total. The van der Waals surface area contributed by atoms with E-state index in [1.165, 1.54) is 6.92 Å². The van der Waals surface area contributed by atoms with Crippen LogP contribution in [0.4, 0.5) is 0 Å². The SMILES string of the molecule is CC(=O)N(CCNS(=O)(=O)CCc1ccccc1)CC(C)C. The number of rotatable bonds is 9. The second kappa shape index (κ2) is 8.90. The van der Waals surface area contributed by atoms with Crippen molar-refractivity contribution in [1.82, 2.24) is 9.62 Å². The van der Waals surface area contributed by atoms with Crippen LogP contribution in [0.2, 0.25) is 0 Å². The first-order chi connectivity index (χ1) is 10.3. The average Bonchev–Trinajstić information content (AvgIpc) is 2.45. The van der Waals surface area contributed by atoms with Crippen LogP contribution in [-0.2, 0) is 21.2 Å². The van der Waals surface area contributed by atoms with E-state index in [-0.39, 0.29) is 18.2 Å². The Morgan fingerprint density at radius 1 is 1.23 bits per heavy atom. The number of amides is 1. The van der Waals surface area contributed by atoms with Gasteiger partial charge >= 0.3 is 0 Å². The van der Waals surface area contributed by atoms with Crippen molar-refractivity contribution >= 4 is 15.9 Å². The minimum absolute atomic E-state index is 0.0304. The average molecular weight is 326 g/mol. The van der Waals surface area contributed by atoms with Gasteiger partial charge in [0.2, 0.25) is 15.9 Å². The van der Waals surface area contributed by atoms with Gasteiger partial charge in [-0.05, 0) is 17.9 Å². The van der Waals surface area contributed by atoms with Crippen LogP contribution in [0, 0.1) is 5.92 Å². The molecule has 124 valence electrons. The molecule has 1 aromatic carbocycles. The normalized spacial score (nSPS) is 11.6. The first kappa shape index (κ1) is 18.6. The van der Waals surface area contributed by atoms with Gasteiger partial charge in [-0.2, -0.15) is 0 Å². The molecule has 0 radical (unpaired) electrons. The fraction of sp³-hybridized carbons (Fsp3) is 0.562. The van der Waals surface area contributed by atoms with Crippen LogP contribution in [0.1, 0.15) is 26.3 Å². The number of hydrogen-bond acceptors (Lipinski definition) is 3. The Morgan fingerprint density at radius 2 is 1.86 bits per heavy atom. The van der Waals surface area contributed by atoms with Gasteiger partial charge in [-0.1, -0.05) is 44.2 Å². The topological polar surface area (TPSA) is 66.5 Å². The Morgan fingerprint density at radius 3 is 2.41 bits per heavy atom. The van der Waals surface area contributed by atoms with E-state index in [0.717, 1.165) is 5.56 Å². The minimum Gasteiger partial charge on any atom is -0.341 e. The van der Waals surface area contributed by atoms with Gasteiger partial charge in [0.05, 0.1) is 5.75 Å². The lowest BCUT2D eigenvalue weighted by atomic mass is 10.2. The molecule has 5 nitrogen and oxygen atoms in total. The summed E-state index contributed by atoms with van der Waals surface area (Å²) < 4.78 is 26.5. The molecule has 0 atom stereocenters. The van der Waals surface area contributed by atoms with E-state index in [2.05, 4.69) is 4.72 Å². The summed E-state index contributed by atoms with van der Waals surface area (Å²) >= 11 is 0. The van der Waals surface area contributed by atoms with E-state index in [9.17, 15) is 13.2 Å². The number of aryl methyl sites for hydroxylation is 1. The molecule has 0 aliphatic rings. The molecule has 0 heterocycles. The molecule has 0 aromatic heterocycles. The lowest BCUT2D eigenvalue weighted by Gasteiger charge is -2.23. The monoisotopic (exact) mass is 326 g/mol. The van der Waals surface area contributed by atoms with Crippen molar-refractivity contribution in [2.45, 2.75) is 27.2 Å². The number of hydrogen-bond donors (Lipinski definition) is 1. The second-order valence-electron chi connectivity index (χ2n) is 5.81. The van der Waals surface area contributed by atoms with Gasteiger partial charge in [0, 0.05) is 26.6 Å². The Kier molecular flexibility index (Phi) is 7.55. The summed E-state index contributed by atoms with van der Waals surface area (Å²) in [7, 11) is -3.32. The minimum atomic E-state index is -3.32. The predicted molar refractivity (Wildman–Crippen MR) is 89.0 cm³/mol. The number of sulfonamides is 1. The number of nitrogens with zero attached hydrogens (tertiary/aromatic N) is 1. The van der Waals surface area contributed by atoms with Crippen molar-refractivity contribution in [2.75, 3.05) is 25.4 Å². The van der Waals surface area contributed by atoms with Crippen LogP contribution in [0.15, 0.2) is 30.3 Å². The molecule has 0 saturated carbocycles. The summed E-state index contributed by atoms with van der Waals surface area (Å²) in [5.74, 6) is 0.386. The van der Waals surface area contributed by atoms with Crippen LogP contribution >= 0.6 is 0 Å². The van der Waals surface area contributed by atoms with Crippen LogP contribution in [0.25, 0.3) is 0 Å². The van der Waals surface area contributed by atoms with Crippen LogP contribution in [-0.4, -0.2) is 44.6 Å². The molecule has 0 spiro atoms. The van der Waals surface area contributed by atoms with Gasteiger partial charge in [-0.25, -0.2) is 13.1 Å². The summed E-state index contributed by atoms with van der Waals surface area (Å²) in [5.41, 5.74) is 0.998. The maximum atomic E-state index is 12.0. The van der Waals surface area contributed by atoms with E-state index in [1.54, 1.807) is 4.90 Å². The van der Waals surface area contributed by atoms with Crippen molar-refractivity contribution in [2.24, 2.45) is 5.92 Å². The Balaban J connectivity index is 2.40. The lowest BCUT2D eigenvalue weighted by Crippen LogP contribution is -2.40. The summed E-state index contributed by atoms with van der Waals surface area (Å²) in [6.45, 7) is 6.86. The number of carbonyl (C=O) groups excluding carboxylic acids is 1. The van der Waals surface area contributed by atoms with E-state index >= 15 is 0 Å². The fourth-order valence-corrected chi connectivity index (χ4v) is 3.17. The Labute approximate surface area is 133 Å². The third kappa shape index (κ3) is 7.56. The Hall–Kier alpha value is -1.40. The smallest absolute Gasteiger partial charge is 0.219 e. The highest BCUT2D eigenvalue weighted by molar-refractivity contribution is 7.89. The van der Waals surface area contributed by atoms with Gasteiger partial charge in [-0.3, -0.25) is 4.79 Å². The van der Waals surface area contributed by atoms with E-state index in [1.807, 2.05) is 44.2 Å². The first-order valence-corrected chi connectivity index (χ1v) is 9.22. The zero-order chi connectivity index (χ0) is 16.6. The van der Waals surface area contributed by atoms with Gasteiger partial charge < -0.3 is 4.90 Å². The third-order valence-corrected chi connectivity index (χ3v) is 4.62.